The van der Waals surface area contributed by atoms with Crippen LogP contribution >= 0.6 is 0 Å². The van der Waals surface area contributed by atoms with Gasteiger partial charge in [-0.1, -0.05) is 6.07 Å². The maximum atomic E-state index is 12.1. The van der Waals surface area contributed by atoms with Crippen LogP contribution in [0.2, 0.25) is 0 Å². The van der Waals surface area contributed by atoms with Crippen molar-refractivity contribution in [2.75, 3.05) is 39.9 Å². The van der Waals surface area contributed by atoms with Crippen molar-refractivity contribution in [2.45, 2.75) is 32.2 Å². The SMILES string of the molecule is COCCN1CC2(CCC1=O)CCN(Cc1cccnc1)CC2. The summed E-state index contributed by atoms with van der Waals surface area (Å²) in [5.74, 6) is 0.297. The van der Waals surface area contributed by atoms with Crippen molar-refractivity contribution in [3.8, 4) is 0 Å². The summed E-state index contributed by atoms with van der Waals surface area (Å²) < 4.78 is 5.14. The molecule has 0 bridgehead atoms. The summed E-state index contributed by atoms with van der Waals surface area (Å²) in [6.07, 6.45) is 7.90. The maximum Gasteiger partial charge on any atom is 0.222 e. The third-order valence-corrected chi connectivity index (χ3v) is 5.36. The van der Waals surface area contributed by atoms with Gasteiger partial charge in [0.1, 0.15) is 0 Å². The minimum Gasteiger partial charge on any atom is -0.383 e. The zero-order valence-corrected chi connectivity index (χ0v) is 14.0. The monoisotopic (exact) mass is 317 g/mol. The molecule has 5 nitrogen and oxygen atoms in total. The summed E-state index contributed by atoms with van der Waals surface area (Å²) >= 11 is 0. The van der Waals surface area contributed by atoms with Crippen LogP contribution in [-0.4, -0.2) is 60.6 Å². The first kappa shape index (κ1) is 16.4. The van der Waals surface area contributed by atoms with Crippen molar-refractivity contribution in [3.63, 3.8) is 0 Å². The van der Waals surface area contributed by atoms with Crippen LogP contribution in [0.3, 0.4) is 0 Å². The van der Waals surface area contributed by atoms with E-state index in [0.717, 1.165) is 39.1 Å². The quantitative estimate of drug-likeness (QED) is 0.832. The second-order valence-electron chi connectivity index (χ2n) is 6.95. The highest BCUT2D eigenvalue weighted by Crippen LogP contribution is 2.40. The number of aromatic nitrogens is 1. The fourth-order valence-corrected chi connectivity index (χ4v) is 3.85. The van der Waals surface area contributed by atoms with Crippen LogP contribution in [-0.2, 0) is 16.1 Å². The van der Waals surface area contributed by atoms with Crippen LogP contribution < -0.4 is 0 Å². The average molecular weight is 317 g/mol. The Hall–Kier alpha value is -1.46. The van der Waals surface area contributed by atoms with Crippen LogP contribution in [0, 0.1) is 5.41 Å². The smallest absolute Gasteiger partial charge is 0.222 e. The van der Waals surface area contributed by atoms with Crippen LogP contribution in [0.15, 0.2) is 24.5 Å². The van der Waals surface area contributed by atoms with Gasteiger partial charge in [0.25, 0.3) is 0 Å². The first-order chi connectivity index (χ1) is 11.2. The van der Waals surface area contributed by atoms with Gasteiger partial charge in [0.2, 0.25) is 5.91 Å². The van der Waals surface area contributed by atoms with E-state index in [1.165, 1.54) is 18.4 Å². The molecule has 0 aromatic carbocycles. The second-order valence-corrected chi connectivity index (χ2v) is 6.95. The van der Waals surface area contributed by atoms with Gasteiger partial charge >= 0.3 is 0 Å². The van der Waals surface area contributed by atoms with Crippen LogP contribution in [0.25, 0.3) is 0 Å². The molecule has 23 heavy (non-hydrogen) atoms. The molecule has 0 N–H and O–H groups in total. The molecule has 0 radical (unpaired) electrons. The van der Waals surface area contributed by atoms with E-state index < -0.39 is 0 Å². The Labute approximate surface area is 138 Å². The highest BCUT2D eigenvalue weighted by Gasteiger charge is 2.40. The number of hydrogen-bond acceptors (Lipinski definition) is 4. The number of carbonyl (C=O) groups is 1. The Morgan fingerprint density at radius 2 is 2.13 bits per heavy atom. The molecule has 0 atom stereocenters. The van der Waals surface area contributed by atoms with Crippen LogP contribution in [0.1, 0.15) is 31.2 Å². The minimum absolute atomic E-state index is 0.297. The number of pyridine rings is 1. The standard InChI is InChI=1S/C18H27N3O2/c1-23-12-11-21-15-18(5-4-17(21)22)6-9-20(10-7-18)14-16-3-2-8-19-13-16/h2-3,8,13H,4-7,9-12,14-15H2,1H3. The lowest BCUT2D eigenvalue weighted by atomic mass is 9.72. The number of methoxy groups -OCH3 is 1. The largest absolute Gasteiger partial charge is 0.383 e. The molecule has 2 aliphatic rings. The van der Waals surface area contributed by atoms with Crippen LogP contribution in [0.5, 0.6) is 0 Å². The Balaban J connectivity index is 1.54. The first-order valence-electron chi connectivity index (χ1n) is 8.59. The van der Waals surface area contributed by atoms with Crippen molar-refractivity contribution >= 4 is 5.91 Å². The molecule has 2 fully saturated rings. The number of ether oxygens (including phenoxy) is 1. The molecule has 3 rings (SSSR count). The van der Waals surface area contributed by atoms with Crippen molar-refractivity contribution in [3.05, 3.63) is 30.1 Å². The van der Waals surface area contributed by atoms with E-state index in [0.29, 0.717) is 24.3 Å². The number of piperidine rings is 2. The minimum atomic E-state index is 0.297. The fraction of sp³-hybridized carbons (Fsp3) is 0.667. The number of rotatable bonds is 5. The van der Waals surface area contributed by atoms with Gasteiger partial charge in [-0.2, -0.15) is 0 Å². The summed E-state index contributed by atoms with van der Waals surface area (Å²) in [5, 5.41) is 0. The molecular formula is C18H27N3O2. The van der Waals surface area contributed by atoms with Gasteiger partial charge in [-0.25, -0.2) is 0 Å². The van der Waals surface area contributed by atoms with Gasteiger partial charge in [-0.15, -0.1) is 0 Å². The number of likely N-dealkylation sites (tertiary alicyclic amines) is 2. The van der Waals surface area contributed by atoms with Crippen molar-refractivity contribution in [1.29, 1.82) is 0 Å². The first-order valence-corrected chi connectivity index (χ1v) is 8.59. The van der Waals surface area contributed by atoms with Gasteiger partial charge in [0, 0.05) is 45.6 Å². The number of nitrogens with zero attached hydrogens (tertiary/aromatic N) is 3. The van der Waals surface area contributed by atoms with E-state index in [9.17, 15) is 4.79 Å². The lowest BCUT2D eigenvalue weighted by Gasteiger charge is -2.47. The van der Waals surface area contributed by atoms with Crippen molar-refractivity contribution in [2.24, 2.45) is 5.41 Å². The Morgan fingerprint density at radius 1 is 1.30 bits per heavy atom. The van der Waals surface area contributed by atoms with Gasteiger partial charge in [0.15, 0.2) is 0 Å². The molecule has 1 spiro atoms. The van der Waals surface area contributed by atoms with Crippen molar-refractivity contribution in [1.82, 2.24) is 14.8 Å². The van der Waals surface area contributed by atoms with E-state index >= 15 is 0 Å². The predicted molar refractivity (Wildman–Crippen MR) is 88.9 cm³/mol. The summed E-state index contributed by atoms with van der Waals surface area (Å²) in [5.41, 5.74) is 1.61. The zero-order chi connectivity index (χ0) is 16.1. The molecule has 126 valence electrons. The highest BCUT2D eigenvalue weighted by atomic mass is 16.5. The summed E-state index contributed by atoms with van der Waals surface area (Å²) in [6, 6.07) is 4.14. The zero-order valence-electron chi connectivity index (χ0n) is 14.0. The fourth-order valence-electron chi connectivity index (χ4n) is 3.85. The van der Waals surface area contributed by atoms with Gasteiger partial charge in [-0.3, -0.25) is 14.7 Å². The van der Waals surface area contributed by atoms with E-state index in [2.05, 4.69) is 16.0 Å². The molecule has 2 aliphatic heterocycles. The maximum absolute atomic E-state index is 12.1. The van der Waals surface area contributed by atoms with Crippen LogP contribution in [0.4, 0.5) is 0 Å². The lowest BCUT2D eigenvalue weighted by Crippen LogP contribution is -2.52. The van der Waals surface area contributed by atoms with E-state index in [1.54, 1.807) is 7.11 Å². The Bertz CT molecular complexity index is 512. The Morgan fingerprint density at radius 3 is 2.83 bits per heavy atom. The van der Waals surface area contributed by atoms with Gasteiger partial charge < -0.3 is 9.64 Å². The third-order valence-electron chi connectivity index (χ3n) is 5.36. The summed E-state index contributed by atoms with van der Waals surface area (Å²) in [7, 11) is 1.70. The molecule has 0 unspecified atom stereocenters. The molecule has 1 amide bonds. The molecule has 1 aromatic heterocycles. The predicted octanol–water partition coefficient (Wildman–Crippen LogP) is 1.93. The number of amides is 1. The molecule has 1 aromatic rings. The number of carbonyl (C=O) groups excluding carboxylic acids is 1. The van der Waals surface area contributed by atoms with E-state index in [1.807, 2.05) is 23.4 Å². The van der Waals surface area contributed by atoms with Crippen molar-refractivity contribution < 1.29 is 9.53 Å². The van der Waals surface area contributed by atoms with Gasteiger partial charge in [0.05, 0.1) is 6.61 Å². The molecule has 2 saturated heterocycles. The average Bonchev–Trinajstić information content (AvgIpc) is 2.59. The normalized spacial score (nSPS) is 21.8. The lowest BCUT2D eigenvalue weighted by molar-refractivity contribution is -0.139. The summed E-state index contributed by atoms with van der Waals surface area (Å²) in [6.45, 7) is 5.49. The topological polar surface area (TPSA) is 45.7 Å². The van der Waals surface area contributed by atoms with E-state index in [-0.39, 0.29) is 0 Å². The molecule has 0 saturated carbocycles. The Kier molecular flexibility index (Phi) is 5.28. The molecular weight excluding hydrogens is 290 g/mol. The van der Waals surface area contributed by atoms with Gasteiger partial charge in [-0.05, 0) is 49.4 Å². The second kappa shape index (κ2) is 7.41. The number of hydrogen-bond donors (Lipinski definition) is 0. The summed E-state index contributed by atoms with van der Waals surface area (Å²) in [4.78, 5) is 20.8. The highest BCUT2D eigenvalue weighted by molar-refractivity contribution is 5.77. The molecule has 0 aliphatic carbocycles. The third kappa shape index (κ3) is 4.09. The van der Waals surface area contributed by atoms with E-state index in [4.69, 9.17) is 4.74 Å². The molecule has 5 heteroatoms. The molecule has 3 heterocycles.